The molecule has 0 saturated carbocycles. The lowest BCUT2D eigenvalue weighted by Gasteiger charge is -2.12. The van der Waals surface area contributed by atoms with Crippen molar-refractivity contribution in [2.75, 3.05) is 13.7 Å². The van der Waals surface area contributed by atoms with E-state index >= 15 is 0 Å². The Bertz CT molecular complexity index is 805. The van der Waals surface area contributed by atoms with E-state index in [4.69, 9.17) is 9.47 Å². The molecule has 0 atom stereocenters. The van der Waals surface area contributed by atoms with Gasteiger partial charge < -0.3 is 9.47 Å². The molecule has 2 aromatic carbocycles. The Kier molecular flexibility index (Phi) is 6.65. The highest BCUT2D eigenvalue weighted by Gasteiger charge is 2.11. The van der Waals surface area contributed by atoms with Crippen LogP contribution in [0.2, 0.25) is 0 Å². The van der Waals surface area contributed by atoms with E-state index < -0.39 is 0 Å². The SMILES string of the molecule is C=CCOc1c(Br)cc(/C=C(\C#N)c2ccc(Br)cc2)cc1OC. The lowest BCUT2D eigenvalue weighted by Crippen LogP contribution is -1.97. The Labute approximate surface area is 158 Å². The monoisotopic (exact) mass is 447 g/mol. The number of methoxy groups -OCH3 is 1. The van der Waals surface area contributed by atoms with Crippen LogP contribution in [0.1, 0.15) is 11.1 Å². The maximum atomic E-state index is 9.47. The van der Waals surface area contributed by atoms with Crippen LogP contribution < -0.4 is 9.47 Å². The van der Waals surface area contributed by atoms with Gasteiger partial charge in [-0.2, -0.15) is 5.26 Å². The summed E-state index contributed by atoms with van der Waals surface area (Å²) in [5.74, 6) is 1.20. The average Bonchev–Trinajstić information content (AvgIpc) is 2.59. The van der Waals surface area contributed by atoms with E-state index in [0.717, 1.165) is 20.1 Å². The van der Waals surface area contributed by atoms with Crippen LogP contribution >= 0.6 is 31.9 Å². The molecule has 0 fully saturated rings. The highest BCUT2D eigenvalue weighted by molar-refractivity contribution is 9.10. The Morgan fingerprint density at radius 1 is 1.25 bits per heavy atom. The zero-order valence-electron chi connectivity index (χ0n) is 13.1. The van der Waals surface area contributed by atoms with E-state index in [1.807, 2.05) is 42.5 Å². The highest BCUT2D eigenvalue weighted by atomic mass is 79.9. The molecule has 0 aliphatic heterocycles. The molecule has 0 bridgehead atoms. The Hall–Kier alpha value is -2.03. The number of rotatable bonds is 6. The first-order chi connectivity index (χ1) is 11.6. The molecule has 24 heavy (non-hydrogen) atoms. The molecule has 2 aromatic rings. The van der Waals surface area contributed by atoms with Crippen LogP contribution in [-0.4, -0.2) is 13.7 Å². The molecule has 0 aliphatic carbocycles. The number of allylic oxidation sites excluding steroid dienone is 1. The van der Waals surface area contributed by atoms with Gasteiger partial charge in [0.05, 0.1) is 23.2 Å². The molecule has 2 rings (SSSR count). The quantitative estimate of drug-likeness (QED) is 0.316. The number of nitrogens with zero attached hydrogens (tertiary/aromatic N) is 1. The van der Waals surface area contributed by atoms with Crippen LogP contribution in [0.5, 0.6) is 11.5 Å². The smallest absolute Gasteiger partial charge is 0.175 e. The first-order valence-corrected chi connectivity index (χ1v) is 8.66. The first-order valence-electron chi connectivity index (χ1n) is 7.08. The van der Waals surface area contributed by atoms with E-state index in [2.05, 4.69) is 44.5 Å². The van der Waals surface area contributed by atoms with Crippen molar-refractivity contribution in [3.05, 3.63) is 69.1 Å². The van der Waals surface area contributed by atoms with Crippen molar-refractivity contribution >= 4 is 43.5 Å². The second kappa shape index (κ2) is 8.72. The van der Waals surface area contributed by atoms with Gasteiger partial charge in [0.25, 0.3) is 0 Å². The summed E-state index contributed by atoms with van der Waals surface area (Å²) in [5, 5.41) is 9.47. The van der Waals surface area contributed by atoms with E-state index in [-0.39, 0.29) is 0 Å². The number of halogens is 2. The normalized spacial score (nSPS) is 10.8. The predicted octanol–water partition coefficient (Wildman–Crippen LogP) is 5.85. The maximum Gasteiger partial charge on any atom is 0.175 e. The van der Waals surface area contributed by atoms with Crippen molar-refractivity contribution in [2.45, 2.75) is 0 Å². The highest BCUT2D eigenvalue weighted by Crippen LogP contribution is 2.37. The fraction of sp³-hybridized carbons (Fsp3) is 0.105. The Morgan fingerprint density at radius 2 is 1.96 bits per heavy atom. The number of ether oxygens (including phenoxy) is 2. The summed E-state index contributed by atoms with van der Waals surface area (Å²) in [6.45, 7) is 4.02. The van der Waals surface area contributed by atoms with Crippen LogP contribution in [0.3, 0.4) is 0 Å². The average molecular weight is 449 g/mol. The third-order valence-electron chi connectivity index (χ3n) is 3.18. The van der Waals surface area contributed by atoms with Crippen molar-refractivity contribution < 1.29 is 9.47 Å². The summed E-state index contributed by atoms with van der Waals surface area (Å²) in [7, 11) is 1.58. The molecule has 0 unspecified atom stereocenters. The van der Waals surface area contributed by atoms with E-state index in [0.29, 0.717) is 23.7 Å². The van der Waals surface area contributed by atoms with Gasteiger partial charge in [0.1, 0.15) is 6.61 Å². The minimum Gasteiger partial charge on any atom is -0.493 e. The second-order valence-corrected chi connectivity index (χ2v) is 6.58. The fourth-order valence-corrected chi connectivity index (χ4v) is 2.92. The molecular weight excluding hydrogens is 434 g/mol. The minimum atomic E-state index is 0.381. The second-order valence-electron chi connectivity index (χ2n) is 4.81. The van der Waals surface area contributed by atoms with Crippen LogP contribution in [0, 0.1) is 11.3 Å². The summed E-state index contributed by atoms with van der Waals surface area (Å²) in [6.07, 6.45) is 3.48. The van der Waals surface area contributed by atoms with E-state index in [1.54, 1.807) is 13.2 Å². The van der Waals surface area contributed by atoms with Crippen LogP contribution in [-0.2, 0) is 0 Å². The van der Waals surface area contributed by atoms with Gasteiger partial charge in [-0.05, 0) is 57.4 Å². The molecule has 0 radical (unpaired) electrons. The predicted molar refractivity (Wildman–Crippen MR) is 104 cm³/mol. The van der Waals surface area contributed by atoms with Gasteiger partial charge in [-0.3, -0.25) is 0 Å². The molecule has 122 valence electrons. The van der Waals surface area contributed by atoms with Gasteiger partial charge in [-0.15, -0.1) is 0 Å². The standard InChI is InChI=1S/C19H15Br2NO2/c1-3-8-24-19-17(21)10-13(11-18(19)23-2)9-15(12-22)14-4-6-16(20)7-5-14/h3-7,9-11H,1,8H2,2H3/b15-9+. The molecule has 0 aromatic heterocycles. The summed E-state index contributed by atoms with van der Waals surface area (Å²) in [5.41, 5.74) is 2.25. The third kappa shape index (κ3) is 4.50. The molecule has 0 N–H and O–H groups in total. The summed E-state index contributed by atoms with van der Waals surface area (Å²) in [6, 6.07) is 13.6. The maximum absolute atomic E-state index is 9.47. The fourth-order valence-electron chi connectivity index (χ4n) is 2.08. The van der Waals surface area contributed by atoms with E-state index in [1.165, 1.54) is 0 Å². The van der Waals surface area contributed by atoms with Crippen molar-refractivity contribution in [2.24, 2.45) is 0 Å². The van der Waals surface area contributed by atoms with Crippen LogP contribution in [0.4, 0.5) is 0 Å². The third-order valence-corrected chi connectivity index (χ3v) is 4.30. The van der Waals surface area contributed by atoms with Gasteiger partial charge in [0.15, 0.2) is 11.5 Å². The first kappa shape index (κ1) is 18.3. The molecule has 3 nitrogen and oxygen atoms in total. The zero-order valence-corrected chi connectivity index (χ0v) is 16.2. The summed E-state index contributed by atoms with van der Waals surface area (Å²) in [4.78, 5) is 0. The molecule has 0 saturated heterocycles. The zero-order chi connectivity index (χ0) is 17.5. The van der Waals surface area contributed by atoms with Crippen molar-refractivity contribution in [1.29, 1.82) is 5.26 Å². The Morgan fingerprint density at radius 3 is 2.54 bits per heavy atom. The molecule has 0 aliphatic rings. The number of hydrogen-bond donors (Lipinski definition) is 0. The van der Waals surface area contributed by atoms with Crippen molar-refractivity contribution in [3.8, 4) is 17.6 Å². The van der Waals surface area contributed by atoms with Gasteiger partial charge in [0, 0.05) is 4.47 Å². The topological polar surface area (TPSA) is 42.2 Å². The minimum absolute atomic E-state index is 0.381. The van der Waals surface area contributed by atoms with Gasteiger partial charge in [0.2, 0.25) is 0 Å². The molecule has 5 heteroatoms. The summed E-state index contributed by atoms with van der Waals surface area (Å²) < 4.78 is 12.7. The van der Waals surface area contributed by atoms with Crippen LogP contribution in [0.15, 0.2) is 58.0 Å². The number of benzene rings is 2. The summed E-state index contributed by atoms with van der Waals surface area (Å²) >= 11 is 6.88. The largest absolute Gasteiger partial charge is 0.493 e. The molecular formula is C19H15Br2NO2. The molecule has 0 amide bonds. The van der Waals surface area contributed by atoms with Gasteiger partial charge in [-0.1, -0.05) is 40.7 Å². The Balaban J connectivity index is 2.43. The molecule has 0 spiro atoms. The lowest BCUT2D eigenvalue weighted by atomic mass is 10.0. The van der Waals surface area contributed by atoms with Gasteiger partial charge in [-0.25, -0.2) is 0 Å². The van der Waals surface area contributed by atoms with Crippen molar-refractivity contribution in [1.82, 2.24) is 0 Å². The number of hydrogen-bond acceptors (Lipinski definition) is 3. The lowest BCUT2D eigenvalue weighted by molar-refractivity contribution is 0.324. The number of nitriles is 1. The van der Waals surface area contributed by atoms with Gasteiger partial charge >= 0.3 is 0 Å². The van der Waals surface area contributed by atoms with E-state index in [9.17, 15) is 5.26 Å². The molecule has 0 heterocycles. The van der Waals surface area contributed by atoms with Crippen LogP contribution in [0.25, 0.3) is 11.6 Å². The van der Waals surface area contributed by atoms with Crippen molar-refractivity contribution in [3.63, 3.8) is 0 Å².